The number of rotatable bonds is 4. The summed E-state index contributed by atoms with van der Waals surface area (Å²) in [7, 11) is 0. The Kier molecular flexibility index (Phi) is 3.11. The van der Waals surface area contributed by atoms with E-state index in [1.54, 1.807) is 0 Å². The summed E-state index contributed by atoms with van der Waals surface area (Å²) >= 11 is 2.05. The number of hydrogen-bond donors (Lipinski definition) is 1. The van der Waals surface area contributed by atoms with Crippen LogP contribution in [0.15, 0.2) is 0 Å². The predicted octanol–water partition coefficient (Wildman–Crippen LogP) is 1.97. The minimum Gasteiger partial charge on any atom is -0.324 e. The molecule has 2 heterocycles. The van der Waals surface area contributed by atoms with Gasteiger partial charge in [-0.2, -0.15) is 11.8 Å². The third-order valence-electron chi connectivity index (χ3n) is 4.23. The minimum atomic E-state index is -0.122. The topological polar surface area (TPSA) is 32.3 Å². The van der Waals surface area contributed by atoms with Crippen molar-refractivity contribution < 1.29 is 4.79 Å². The number of nitrogens with zero attached hydrogens (tertiary/aromatic N) is 1. The Hall–Kier alpha value is -0.220. The smallest absolute Gasteiger partial charge is 0.244 e. The highest BCUT2D eigenvalue weighted by atomic mass is 32.2. The molecule has 0 aromatic carbocycles. The molecule has 1 spiro atoms. The second-order valence-corrected chi connectivity index (χ2v) is 7.03. The maximum Gasteiger partial charge on any atom is 0.244 e. The molecular formula is C13H22N2OS. The van der Waals surface area contributed by atoms with Crippen LogP contribution in [0.2, 0.25) is 0 Å². The van der Waals surface area contributed by atoms with Gasteiger partial charge in [-0.15, -0.1) is 0 Å². The number of carbonyl (C=O) groups is 1. The Morgan fingerprint density at radius 3 is 2.94 bits per heavy atom. The molecule has 1 N–H and O–H groups in total. The van der Waals surface area contributed by atoms with Crippen LogP contribution in [-0.4, -0.2) is 40.1 Å². The molecule has 0 aromatic heterocycles. The van der Waals surface area contributed by atoms with Crippen LogP contribution < -0.4 is 5.32 Å². The monoisotopic (exact) mass is 254 g/mol. The molecule has 96 valence electrons. The molecule has 0 radical (unpaired) electrons. The second-order valence-electron chi connectivity index (χ2n) is 5.62. The van der Waals surface area contributed by atoms with Crippen molar-refractivity contribution in [3.8, 4) is 0 Å². The van der Waals surface area contributed by atoms with Gasteiger partial charge >= 0.3 is 0 Å². The quantitative estimate of drug-likeness (QED) is 0.832. The number of carbonyl (C=O) groups excluding carboxylic acids is 1. The third kappa shape index (κ3) is 2.10. The summed E-state index contributed by atoms with van der Waals surface area (Å²) in [5.74, 6) is 1.67. The summed E-state index contributed by atoms with van der Waals surface area (Å²) in [5.41, 5.74) is -0.122. The molecular weight excluding hydrogens is 232 g/mol. The summed E-state index contributed by atoms with van der Waals surface area (Å²) < 4.78 is 0. The van der Waals surface area contributed by atoms with Gasteiger partial charge in [0.1, 0.15) is 0 Å². The van der Waals surface area contributed by atoms with Gasteiger partial charge in [0, 0.05) is 11.8 Å². The summed E-state index contributed by atoms with van der Waals surface area (Å²) in [6, 6.07) is 0. The Morgan fingerprint density at radius 1 is 1.53 bits per heavy atom. The van der Waals surface area contributed by atoms with Crippen LogP contribution in [0, 0.1) is 0 Å². The first kappa shape index (κ1) is 11.8. The van der Waals surface area contributed by atoms with Crippen molar-refractivity contribution >= 4 is 17.7 Å². The van der Waals surface area contributed by atoms with E-state index in [9.17, 15) is 4.79 Å². The highest BCUT2D eigenvalue weighted by Gasteiger charge is 2.58. The fourth-order valence-corrected chi connectivity index (χ4v) is 4.34. The molecule has 17 heavy (non-hydrogen) atoms. The fourth-order valence-electron chi connectivity index (χ4n) is 3.08. The van der Waals surface area contributed by atoms with Crippen molar-refractivity contribution in [3.63, 3.8) is 0 Å². The summed E-state index contributed by atoms with van der Waals surface area (Å²) in [6.07, 6.45) is 7.30. The molecule has 1 amide bonds. The van der Waals surface area contributed by atoms with E-state index >= 15 is 0 Å². The Bertz CT molecular complexity index is 311. The lowest BCUT2D eigenvalue weighted by Gasteiger charge is -2.26. The third-order valence-corrected chi connectivity index (χ3v) is 5.61. The van der Waals surface area contributed by atoms with E-state index in [1.165, 1.54) is 18.6 Å². The number of thioether (sulfide) groups is 1. The molecule has 2 saturated heterocycles. The lowest BCUT2D eigenvalue weighted by molar-refractivity contribution is -0.130. The first-order valence-corrected chi connectivity index (χ1v) is 8.00. The molecule has 2 atom stereocenters. The first-order chi connectivity index (χ1) is 8.25. The summed E-state index contributed by atoms with van der Waals surface area (Å²) in [6.45, 7) is 3.18. The SMILES string of the molecule is CCCC1NC2(CC2)C(=O)N1CC1CCCS1. The van der Waals surface area contributed by atoms with E-state index in [2.05, 4.69) is 28.9 Å². The highest BCUT2D eigenvalue weighted by Crippen LogP contribution is 2.43. The molecule has 4 heteroatoms. The van der Waals surface area contributed by atoms with Crippen molar-refractivity contribution in [1.29, 1.82) is 0 Å². The molecule has 1 aliphatic carbocycles. The van der Waals surface area contributed by atoms with Gasteiger partial charge in [0.2, 0.25) is 5.91 Å². The van der Waals surface area contributed by atoms with Crippen LogP contribution in [0.3, 0.4) is 0 Å². The molecule has 3 fully saturated rings. The number of hydrogen-bond acceptors (Lipinski definition) is 3. The number of amides is 1. The van der Waals surface area contributed by atoms with Gasteiger partial charge in [0.05, 0.1) is 11.7 Å². The van der Waals surface area contributed by atoms with Crippen molar-refractivity contribution in [3.05, 3.63) is 0 Å². The van der Waals surface area contributed by atoms with Gasteiger partial charge in [-0.05, 0) is 37.9 Å². The van der Waals surface area contributed by atoms with Gasteiger partial charge in [0.15, 0.2) is 0 Å². The highest BCUT2D eigenvalue weighted by molar-refractivity contribution is 8.00. The Labute approximate surface area is 108 Å². The van der Waals surface area contributed by atoms with Crippen LogP contribution in [-0.2, 0) is 4.79 Å². The van der Waals surface area contributed by atoms with Gasteiger partial charge in [0.25, 0.3) is 0 Å². The van der Waals surface area contributed by atoms with Crippen molar-refractivity contribution in [2.75, 3.05) is 12.3 Å². The van der Waals surface area contributed by atoms with Gasteiger partial charge in [-0.3, -0.25) is 10.1 Å². The van der Waals surface area contributed by atoms with E-state index in [0.29, 0.717) is 17.3 Å². The molecule has 2 aliphatic heterocycles. The van der Waals surface area contributed by atoms with Gasteiger partial charge < -0.3 is 4.90 Å². The van der Waals surface area contributed by atoms with E-state index in [0.717, 1.165) is 32.2 Å². The van der Waals surface area contributed by atoms with Gasteiger partial charge in [-0.1, -0.05) is 13.3 Å². The first-order valence-electron chi connectivity index (χ1n) is 6.95. The maximum absolute atomic E-state index is 12.4. The standard InChI is InChI=1S/C13H22N2OS/c1-2-4-11-14-13(6-7-13)12(16)15(11)9-10-5-3-8-17-10/h10-11,14H,2-9H2,1H3. The maximum atomic E-state index is 12.4. The van der Waals surface area contributed by atoms with Crippen LogP contribution in [0.1, 0.15) is 45.4 Å². The second kappa shape index (κ2) is 4.47. The largest absolute Gasteiger partial charge is 0.324 e. The molecule has 2 unspecified atom stereocenters. The Balaban J connectivity index is 1.68. The average molecular weight is 254 g/mol. The average Bonchev–Trinajstić information content (AvgIpc) is 2.83. The van der Waals surface area contributed by atoms with Crippen LogP contribution in [0.5, 0.6) is 0 Å². The van der Waals surface area contributed by atoms with Crippen LogP contribution >= 0.6 is 11.8 Å². The van der Waals surface area contributed by atoms with Crippen molar-refractivity contribution in [1.82, 2.24) is 10.2 Å². The number of nitrogens with one attached hydrogen (secondary N) is 1. The van der Waals surface area contributed by atoms with E-state index < -0.39 is 0 Å². The lowest BCUT2D eigenvalue weighted by atomic mass is 10.2. The Morgan fingerprint density at radius 2 is 2.35 bits per heavy atom. The van der Waals surface area contributed by atoms with E-state index in [4.69, 9.17) is 0 Å². The van der Waals surface area contributed by atoms with Gasteiger partial charge in [-0.25, -0.2) is 0 Å². The zero-order chi connectivity index (χ0) is 11.9. The van der Waals surface area contributed by atoms with Crippen LogP contribution in [0.25, 0.3) is 0 Å². The van der Waals surface area contributed by atoms with Crippen molar-refractivity contribution in [2.45, 2.75) is 62.4 Å². The van der Waals surface area contributed by atoms with E-state index in [1.807, 2.05) is 0 Å². The lowest BCUT2D eigenvalue weighted by Crippen LogP contribution is -2.40. The molecule has 0 bridgehead atoms. The van der Waals surface area contributed by atoms with Crippen LogP contribution in [0.4, 0.5) is 0 Å². The fraction of sp³-hybridized carbons (Fsp3) is 0.923. The molecule has 3 aliphatic rings. The minimum absolute atomic E-state index is 0.122. The normalized spacial score (nSPS) is 34.9. The molecule has 1 saturated carbocycles. The molecule has 3 nitrogen and oxygen atoms in total. The molecule has 0 aromatic rings. The zero-order valence-corrected chi connectivity index (χ0v) is 11.4. The predicted molar refractivity (Wildman–Crippen MR) is 71.0 cm³/mol. The molecule has 3 rings (SSSR count). The zero-order valence-electron chi connectivity index (χ0n) is 10.6. The summed E-state index contributed by atoms with van der Waals surface area (Å²) in [4.78, 5) is 14.6. The van der Waals surface area contributed by atoms with Crippen molar-refractivity contribution in [2.24, 2.45) is 0 Å². The van der Waals surface area contributed by atoms with E-state index in [-0.39, 0.29) is 5.54 Å². The summed E-state index contributed by atoms with van der Waals surface area (Å²) in [5, 5.41) is 4.27.